The zero-order valence-corrected chi connectivity index (χ0v) is 14.9. The number of ether oxygens (including phenoxy) is 2. The summed E-state index contributed by atoms with van der Waals surface area (Å²) in [5.74, 6) is 1.49. The molecule has 0 fully saturated rings. The minimum absolute atomic E-state index is 0.0866. The average Bonchev–Trinajstić information content (AvgIpc) is 2.66. The van der Waals surface area contributed by atoms with Crippen LogP contribution in [0, 0.1) is 0 Å². The van der Waals surface area contributed by atoms with Crippen molar-refractivity contribution in [3.63, 3.8) is 0 Å². The normalized spacial score (nSPS) is 12.0. The smallest absolute Gasteiger partial charge is 0.277 e. The molecule has 0 aliphatic rings. The van der Waals surface area contributed by atoms with Crippen LogP contribution in [-0.4, -0.2) is 25.8 Å². The molecule has 2 rings (SSSR count). The van der Waals surface area contributed by atoms with Crippen LogP contribution in [0.15, 0.2) is 53.6 Å². The lowest BCUT2D eigenvalue weighted by molar-refractivity contribution is -0.123. The summed E-state index contributed by atoms with van der Waals surface area (Å²) >= 11 is 0. The maximum atomic E-state index is 11.9. The SMILES string of the molecule is CCC(C)c1ccccc1OCC(=O)NN=Cc1ccccc1OC. The second-order valence-electron chi connectivity index (χ2n) is 5.67. The van der Waals surface area contributed by atoms with Crippen molar-refractivity contribution >= 4 is 12.1 Å². The van der Waals surface area contributed by atoms with Gasteiger partial charge < -0.3 is 9.47 Å². The predicted molar refractivity (Wildman–Crippen MR) is 99.4 cm³/mol. The fourth-order valence-electron chi connectivity index (χ4n) is 2.36. The number of rotatable bonds is 8. The molecule has 1 N–H and O–H groups in total. The van der Waals surface area contributed by atoms with Crippen molar-refractivity contribution in [3.05, 3.63) is 59.7 Å². The Kier molecular flexibility index (Phi) is 7.01. The van der Waals surface area contributed by atoms with E-state index in [2.05, 4.69) is 24.4 Å². The van der Waals surface area contributed by atoms with Crippen molar-refractivity contribution in [2.45, 2.75) is 26.2 Å². The van der Waals surface area contributed by atoms with Crippen molar-refractivity contribution in [2.75, 3.05) is 13.7 Å². The van der Waals surface area contributed by atoms with Crippen LogP contribution < -0.4 is 14.9 Å². The van der Waals surface area contributed by atoms with Crippen LogP contribution in [0.25, 0.3) is 0 Å². The van der Waals surface area contributed by atoms with Crippen LogP contribution in [0.2, 0.25) is 0 Å². The number of hydrogen-bond donors (Lipinski definition) is 1. The molecule has 1 unspecified atom stereocenters. The van der Waals surface area contributed by atoms with Crippen molar-refractivity contribution in [1.82, 2.24) is 5.43 Å². The Morgan fingerprint density at radius 1 is 1.16 bits per heavy atom. The summed E-state index contributed by atoms with van der Waals surface area (Å²) in [6.45, 7) is 4.18. The molecule has 5 nitrogen and oxygen atoms in total. The highest BCUT2D eigenvalue weighted by Gasteiger charge is 2.10. The lowest BCUT2D eigenvalue weighted by Crippen LogP contribution is -2.25. The Hall–Kier alpha value is -2.82. The van der Waals surface area contributed by atoms with Gasteiger partial charge in [0.15, 0.2) is 6.61 Å². The van der Waals surface area contributed by atoms with Gasteiger partial charge in [-0.2, -0.15) is 5.10 Å². The lowest BCUT2D eigenvalue weighted by atomic mass is 9.98. The van der Waals surface area contributed by atoms with Gasteiger partial charge in [0, 0.05) is 5.56 Å². The van der Waals surface area contributed by atoms with Crippen LogP contribution in [0.4, 0.5) is 0 Å². The van der Waals surface area contributed by atoms with Crippen LogP contribution in [0.1, 0.15) is 37.3 Å². The van der Waals surface area contributed by atoms with Crippen LogP contribution >= 0.6 is 0 Å². The third-order valence-corrected chi connectivity index (χ3v) is 3.95. The van der Waals surface area contributed by atoms with Gasteiger partial charge in [0.2, 0.25) is 0 Å². The van der Waals surface area contributed by atoms with E-state index in [0.717, 1.165) is 23.3 Å². The Labute approximate surface area is 148 Å². The molecule has 0 spiro atoms. The van der Waals surface area contributed by atoms with Gasteiger partial charge in [0.05, 0.1) is 13.3 Å². The minimum Gasteiger partial charge on any atom is -0.496 e. The quantitative estimate of drug-likeness (QED) is 0.588. The first-order valence-corrected chi connectivity index (χ1v) is 8.32. The first kappa shape index (κ1) is 18.5. The van der Waals surface area contributed by atoms with Gasteiger partial charge >= 0.3 is 0 Å². The van der Waals surface area contributed by atoms with Crippen molar-refractivity contribution in [2.24, 2.45) is 5.10 Å². The number of carbonyl (C=O) groups is 1. The highest BCUT2D eigenvalue weighted by atomic mass is 16.5. The number of hydrogen-bond acceptors (Lipinski definition) is 4. The molecule has 25 heavy (non-hydrogen) atoms. The molecule has 0 bridgehead atoms. The lowest BCUT2D eigenvalue weighted by Gasteiger charge is -2.15. The second kappa shape index (κ2) is 9.47. The summed E-state index contributed by atoms with van der Waals surface area (Å²) in [4.78, 5) is 11.9. The predicted octanol–water partition coefficient (Wildman–Crippen LogP) is 3.74. The standard InChI is InChI=1S/C20H24N2O3/c1-4-15(2)17-10-6-8-12-19(17)25-14-20(23)22-21-13-16-9-5-7-11-18(16)24-3/h5-13,15H,4,14H2,1-3H3,(H,22,23). The van der Waals surface area contributed by atoms with Crippen molar-refractivity contribution < 1.29 is 14.3 Å². The molecule has 0 saturated heterocycles. The van der Waals surface area contributed by atoms with E-state index in [1.165, 1.54) is 0 Å². The van der Waals surface area contributed by atoms with Crippen LogP contribution in [-0.2, 0) is 4.79 Å². The number of para-hydroxylation sites is 2. The van der Waals surface area contributed by atoms with Gasteiger partial charge in [-0.3, -0.25) is 4.79 Å². The minimum atomic E-state index is -0.315. The molecule has 1 atom stereocenters. The second-order valence-corrected chi connectivity index (χ2v) is 5.67. The largest absolute Gasteiger partial charge is 0.496 e. The van der Waals surface area contributed by atoms with E-state index < -0.39 is 0 Å². The van der Waals surface area contributed by atoms with Gasteiger partial charge in [-0.25, -0.2) is 5.43 Å². The molecule has 0 aliphatic carbocycles. The molecule has 0 aliphatic heterocycles. The van der Waals surface area contributed by atoms with Gasteiger partial charge in [-0.05, 0) is 36.1 Å². The molecular formula is C20H24N2O3. The highest BCUT2D eigenvalue weighted by molar-refractivity contribution is 5.85. The average molecular weight is 340 g/mol. The van der Waals surface area contributed by atoms with Gasteiger partial charge in [0.1, 0.15) is 11.5 Å². The Balaban J connectivity index is 1.90. The van der Waals surface area contributed by atoms with E-state index in [1.807, 2.05) is 48.5 Å². The first-order chi connectivity index (χ1) is 12.2. The highest BCUT2D eigenvalue weighted by Crippen LogP contribution is 2.28. The van der Waals surface area contributed by atoms with E-state index in [-0.39, 0.29) is 12.5 Å². The molecule has 0 aromatic heterocycles. The molecule has 5 heteroatoms. The topological polar surface area (TPSA) is 59.9 Å². The molecule has 0 saturated carbocycles. The van der Waals surface area contributed by atoms with Gasteiger partial charge in [0.25, 0.3) is 5.91 Å². The maximum Gasteiger partial charge on any atom is 0.277 e. The Morgan fingerprint density at radius 3 is 2.56 bits per heavy atom. The number of nitrogens with zero attached hydrogens (tertiary/aromatic N) is 1. The zero-order chi connectivity index (χ0) is 18.1. The number of benzene rings is 2. The summed E-state index contributed by atoms with van der Waals surface area (Å²) < 4.78 is 10.9. The zero-order valence-electron chi connectivity index (χ0n) is 14.9. The fourth-order valence-corrected chi connectivity index (χ4v) is 2.36. The summed E-state index contributed by atoms with van der Waals surface area (Å²) in [6, 6.07) is 15.2. The number of amides is 1. The number of methoxy groups -OCH3 is 1. The number of carbonyl (C=O) groups excluding carboxylic acids is 1. The first-order valence-electron chi connectivity index (χ1n) is 8.32. The number of nitrogens with one attached hydrogen (secondary N) is 1. The summed E-state index contributed by atoms with van der Waals surface area (Å²) in [6.07, 6.45) is 2.56. The van der Waals surface area contributed by atoms with Crippen molar-refractivity contribution in [1.29, 1.82) is 0 Å². The van der Waals surface area contributed by atoms with Gasteiger partial charge in [-0.1, -0.05) is 44.2 Å². The van der Waals surface area contributed by atoms with Gasteiger partial charge in [-0.15, -0.1) is 0 Å². The molecule has 0 heterocycles. The molecular weight excluding hydrogens is 316 g/mol. The Bertz CT molecular complexity index is 728. The summed E-state index contributed by atoms with van der Waals surface area (Å²) in [7, 11) is 1.59. The Morgan fingerprint density at radius 2 is 1.84 bits per heavy atom. The van der Waals surface area contributed by atoms with E-state index >= 15 is 0 Å². The van der Waals surface area contributed by atoms with E-state index in [0.29, 0.717) is 11.7 Å². The monoisotopic (exact) mass is 340 g/mol. The molecule has 1 amide bonds. The molecule has 2 aromatic rings. The van der Waals surface area contributed by atoms with E-state index in [1.54, 1.807) is 13.3 Å². The third-order valence-electron chi connectivity index (χ3n) is 3.95. The van der Waals surface area contributed by atoms with Crippen molar-refractivity contribution in [3.8, 4) is 11.5 Å². The summed E-state index contributed by atoms with van der Waals surface area (Å²) in [5, 5.41) is 3.95. The van der Waals surface area contributed by atoms with Crippen LogP contribution in [0.5, 0.6) is 11.5 Å². The van der Waals surface area contributed by atoms with E-state index in [9.17, 15) is 4.79 Å². The molecule has 2 aromatic carbocycles. The molecule has 132 valence electrons. The fraction of sp³-hybridized carbons (Fsp3) is 0.300. The van der Waals surface area contributed by atoms with Crippen LogP contribution in [0.3, 0.4) is 0 Å². The maximum absolute atomic E-state index is 11.9. The number of hydrazone groups is 1. The third kappa shape index (κ3) is 5.35. The molecule has 0 radical (unpaired) electrons. The summed E-state index contributed by atoms with van der Waals surface area (Å²) in [5.41, 5.74) is 4.36. The van der Waals surface area contributed by atoms with E-state index in [4.69, 9.17) is 9.47 Å².